The molecule has 1 atom stereocenters. The molecule has 0 spiro atoms. The fourth-order valence-corrected chi connectivity index (χ4v) is 4.24. The number of hydrogen-bond donors (Lipinski definition) is 2. The number of carbonyl (C=O) groups excluding carboxylic acids is 2. The Morgan fingerprint density at radius 3 is 2.18 bits per heavy atom. The molecule has 0 aromatic heterocycles. The van der Waals surface area contributed by atoms with Crippen LogP contribution < -0.4 is 10.6 Å². The van der Waals surface area contributed by atoms with Crippen LogP contribution in [0.25, 0.3) is 0 Å². The predicted octanol–water partition coefficient (Wildman–Crippen LogP) is 1.31. The molecule has 2 aliphatic heterocycles. The molecular weight excluding hydrogens is 538 g/mol. The molecule has 10 heteroatoms. The molecule has 2 aliphatic rings. The highest BCUT2D eigenvalue weighted by Gasteiger charge is 2.30. The van der Waals surface area contributed by atoms with Gasteiger partial charge in [0.2, 0.25) is 11.8 Å². The first-order chi connectivity index (χ1) is 15.5. The second-order valence-electron chi connectivity index (χ2n) is 8.36. The van der Waals surface area contributed by atoms with Crippen LogP contribution >= 0.6 is 24.0 Å². The van der Waals surface area contributed by atoms with Crippen molar-refractivity contribution in [1.82, 2.24) is 25.3 Å². The van der Waals surface area contributed by atoms with Gasteiger partial charge in [-0.1, -0.05) is 12.1 Å². The van der Waals surface area contributed by atoms with Crippen LogP contribution in [0.3, 0.4) is 0 Å². The van der Waals surface area contributed by atoms with Crippen molar-refractivity contribution in [3.8, 4) is 0 Å². The van der Waals surface area contributed by atoms with Gasteiger partial charge < -0.3 is 20.4 Å². The van der Waals surface area contributed by atoms with Gasteiger partial charge in [-0.3, -0.25) is 19.5 Å². The van der Waals surface area contributed by atoms with E-state index in [9.17, 15) is 14.0 Å². The van der Waals surface area contributed by atoms with Crippen molar-refractivity contribution >= 4 is 41.8 Å². The summed E-state index contributed by atoms with van der Waals surface area (Å²) in [6.07, 6.45) is 2.45. The van der Waals surface area contributed by atoms with Gasteiger partial charge in [0.15, 0.2) is 5.96 Å². The molecule has 33 heavy (non-hydrogen) atoms. The lowest BCUT2D eigenvalue weighted by Crippen LogP contribution is -2.57. The zero-order chi connectivity index (χ0) is 22.9. The largest absolute Gasteiger partial charge is 0.354 e. The summed E-state index contributed by atoms with van der Waals surface area (Å²) < 4.78 is 13.0. The van der Waals surface area contributed by atoms with E-state index in [0.717, 1.165) is 63.6 Å². The van der Waals surface area contributed by atoms with Crippen molar-refractivity contribution in [3.05, 3.63) is 35.6 Å². The van der Waals surface area contributed by atoms with E-state index in [4.69, 9.17) is 0 Å². The average molecular weight is 574 g/mol. The summed E-state index contributed by atoms with van der Waals surface area (Å²) in [6, 6.07) is 5.87. The summed E-state index contributed by atoms with van der Waals surface area (Å²) in [4.78, 5) is 35.5. The molecule has 1 unspecified atom stereocenters. The van der Waals surface area contributed by atoms with Crippen LogP contribution in [0.1, 0.15) is 25.3 Å². The number of hydrogen-bond acceptors (Lipinski definition) is 4. The molecule has 1 aromatic carbocycles. The molecule has 184 valence electrons. The Balaban J connectivity index is 0.00000385. The fourth-order valence-electron chi connectivity index (χ4n) is 4.24. The minimum atomic E-state index is -0.307. The summed E-state index contributed by atoms with van der Waals surface area (Å²) in [5.41, 5.74) is 0.781. The standard InChI is InChI=1S/C23H35FN6O2.HI/c1-18(22(32)29-11-3-4-12-29)28-13-15-30(16-14-28)23(25-2)27-10-9-26-21(31)17-19-5-7-20(24)8-6-19;/h5-8,18H,3-4,9-17H2,1-2H3,(H,25,27)(H,26,31);1H. The number of rotatable bonds is 7. The number of guanidine groups is 1. The van der Waals surface area contributed by atoms with Crippen LogP contribution in [0.15, 0.2) is 29.3 Å². The summed E-state index contributed by atoms with van der Waals surface area (Å²) in [5, 5.41) is 6.17. The van der Waals surface area contributed by atoms with Gasteiger partial charge in [-0.15, -0.1) is 24.0 Å². The first-order valence-electron chi connectivity index (χ1n) is 11.5. The Bertz CT molecular complexity index is 793. The quantitative estimate of drug-likeness (QED) is 0.222. The Kier molecular flexibility index (Phi) is 11.3. The average Bonchev–Trinajstić information content (AvgIpc) is 3.35. The maximum absolute atomic E-state index is 13.0. The summed E-state index contributed by atoms with van der Waals surface area (Å²) in [5.74, 6) is 0.641. The van der Waals surface area contributed by atoms with Crippen LogP contribution in [0, 0.1) is 5.82 Å². The number of halogens is 2. The smallest absolute Gasteiger partial charge is 0.239 e. The van der Waals surface area contributed by atoms with Gasteiger partial charge in [-0.2, -0.15) is 0 Å². The van der Waals surface area contributed by atoms with E-state index < -0.39 is 0 Å². The van der Waals surface area contributed by atoms with Crippen molar-refractivity contribution in [1.29, 1.82) is 0 Å². The highest BCUT2D eigenvalue weighted by molar-refractivity contribution is 14.0. The minimum absolute atomic E-state index is 0. The molecule has 0 saturated carbocycles. The van der Waals surface area contributed by atoms with Gasteiger partial charge in [0.05, 0.1) is 12.5 Å². The Morgan fingerprint density at radius 2 is 1.58 bits per heavy atom. The molecule has 0 aliphatic carbocycles. The van der Waals surface area contributed by atoms with E-state index in [0.29, 0.717) is 13.1 Å². The maximum Gasteiger partial charge on any atom is 0.239 e. The van der Waals surface area contributed by atoms with Crippen LogP contribution in [-0.4, -0.2) is 97.9 Å². The molecule has 2 saturated heterocycles. The van der Waals surface area contributed by atoms with E-state index in [1.807, 2.05) is 11.8 Å². The topological polar surface area (TPSA) is 80.3 Å². The van der Waals surface area contributed by atoms with Crippen LogP contribution in [-0.2, 0) is 16.0 Å². The third kappa shape index (κ3) is 8.09. The van der Waals surface area contributed by atoms with E-state index in [1.165, 1.54) is 12.1 Å². The van der Waals surface area contributed by atoms with Crippen molar-refractivity contribution in [2.75, 3.05) is 59.4 Å². The van der Waals surface area contributed by atoms with Crippen LogP contribution in [0.5, 0.6) is 0 Å². The highest BCUT2D eigenvalue weighted by Crippen LogP contribution is 2.14. The number of nitrogens with zero attached hydrogens (tertiary/aromatic N) is 4. The molecule has 3 rings (SSSR count). The van der Waals surface area contributed by atoms with E-state index in [1.54, 1.807) is 19.2 Å². The van der Waals surface area contributed by atoms with Crippen molar-refractivity contribution in [2.45, 2.75) is 32.2 Å². The second-order valence-corrected chi connectivity index (χ2v) is 8.36. The first kappa shape index (κ1) is 27.3. The number of amides is 2. The van der Waals surface area contributed by atoms with Gasteiger partial charge in [-0.25, -0.2) is 4.39 Å². The molecular formula is C23H36FIN6O2. The van der Waals surface area contributed by atoms with Crippen molar-refractivity contribution in [3.63, 3.8) is 0 Å². The summed E-state index contributed by atoms with van der Waals surface area (Å²) in [6.45, 7) is 8.05. The first-order valence-corrected chi connectivity index (χ1v) is 11.5. The van der Waals surface area contributed by atoms with Crippen molar-refractivity contribution < 1.29 is 14.0 Å². The normalized spacial score (nSPS) is 18.0. The van der Waals surface area contributed by atoms with Crippen molar-refractivity contribution in [2.24, 2.45) is 4.99 Å². The monoisotopic (exact) mass is 574 g/mol. The lowest BCUT2D eigenvalue weighted by Gasteiger charge is -2.39. The summed E-state index contributed by atoms with van der Waals surface area (Å²) >= 11 is 0. The Morgan fingerprint density at radius 1 is 0.970 bits per heavy atom. The lowest BCUT2D eigenvalue weighted by atomic mass is 10.1. The number of carbonyl (C=O) groups is 2. The second kappa shape index (κ2) is 13.7. The number of benzene rings is 1. The van der Waals surface area contributed by atoms with Crippen LogP contribution in [0.2, 0.25) is 0 Å². The van der Waals surface area contributed by atoms with Gasteiger partial charge >= 0.3 is 0 Å². The molecule has 1 aromatic rings. The molecule has 8 nitrogen and oxygen atoms in total. The lowest BCUT2D eigenvalue weighted by molar-refractivity contribution is -0.135. The zero-order valence-corrected chi connectivity index (χ0v) is 21.9. The third-order valence-electron chi connectivity index (χ3n) is 6.16. The molecule has 0 bridgehead atoms. The van der Waals surface area contributed by atoms with Gasteiger partial charge in [0.1, 0.15) is 5.82 Å². The minimum Gasteiger partial charge on any atom is -0.354 e. The zero-order valence-electron chi connectivity index (χ0n) is 19.6. The molecule has 2 N–H and O–H groups in total. The Labute approximate surface area is 213 Å². The third-order valence-corrected chi connectivity index (χ3v) is 6.16. The number of nitrogens with one attached hydrogen (secondary N) is 2. The molecule has 0 radical (unpaired) electrons. The van der Waals surface area contributed by atoms with Crippen LogP contribution in [0.4, 0.5) is 4.39 Å². The van der Waals surface area contributed by atoms with Gasteiger partial charge in [0, 0.05) is 59.4 Å². The maximum atomic E-state index is 13.0. The van der Waals surface area contributed by atoms with Gasteiger partial charge in [-0.05, 0) is 37.5 Å². The molecule has 2 fully saturated rings. The van der Waals surface area contributed by atoms with E-state index in [2.05, 4.69) is 25.4 Å². The number of piperazine rings is 1. The van der Waals surface area contributed by atoms with Gasteiger partial charge in [0.25, 0.3) is 0 Å². The SMILES string of the molecule is CN=C(NCCNC(=O)Cc1ccc(F)cc1)N1CCN(C(C)C(=O)N2CCCC2)CC1.I. The number of likely N-dealkylation sites (tertiary alicyclic amines) is 1. The van der Waals surface area contributed by atoms with E-state index in [-0.39, 0.29) is 54.1 Å². The summed E-state index contributed by atoms with van der Waals surface area (Å²) in [7, 11) is 1.75. The number of aliphatic imine (C=N–C) groups is 1. The predicted molar refractivity (Wildman–Crippen MR) is 138 cm³/mol. The highest BCUT2D eigenvalue weighted by atomic mass is 127. The van der Waals surface area contributed by atoms with E-state index >= 15 is 0 Å². The Hall–Kier alpha value is -1.95. The molecule has 2 heterocycles. The molecule has 2 amide bonds. The fraction of sp³-hybridized carbons (Fsp3) is 0.609.